The van der Waals surface area contributed by atoms with Crippen LogP contribution in [-0.2, 0) is 10.6 Å². The highest BCUT2D eigenvalue weighted by Gasteiger charge is 2.40. The maximum atomic E-state index is 12.6. The summed E-state index contributed by atoms with van der Waals surface area (Å²) in [6, 6.07) is 0. The second-order valence-electron chi connectivity index (χ2n) is 7.86. The number of nitrogens with zero attached hydrogens (tertiary/aromatic N) is 3. The largest absolute Gasteiger partial charge is 0.419 e. The van der Waals surface area contributed by atoms with E-state index in [9.17, 15) is 13.2 Å². The van der Waals surface area contributed by atoms with Crippen LogP contribution < -0.4 is 4.90 Å². The van der Waals surface area contributed by atoms with E-state index in [-0.39, 0.29) is 11.1 Å². The van der Waals surface area contributed by atoms with Gasteiger partial charge in [0.05, 0.1) is 11.7 Å². The van der Waals surface area contributed by atoms with Gasteiger partial charge < -0.3 is 9.33 Å². The van der Waals surface area contributed by atoms with E-state index in [4.69, 9.17) is 4.43 Å². The predicted octanol–water partition coefficient (Wildman–Crippen LogP) is 4.49. The van der Waals surface area contributed by atoms with E-state index in [1.807, 2.05) is 4.90 Å². The smallest absolute Gasteiger partial charge is 0.412 e. The van der Waals surface area contributed by atoms with Gasteiger partial charge in [-0.25, -0.2) is 9.97 Å². The third-order valence-corrected chi connectivity index (χ3v) is 9.43. The number of piperidine rings is 1. The lowest BCUT2D eigenvalue weighted by molar-refractivity contribution is -0.138. The molecule has 1 fully saturated rings. The molecule has 2 rings (SSSR count). The fourth-order valence-corrected chi connectivity index (χ4v) is 3.82. The molecule has 4 nitrogen and oxygen atoms in total. The van der Waals surface area contributed by atoms with Gasteiger partial charge in [-0.05, 0) is 31.0 Å². The SMILES string of the molecule is CC(C)(C)[Si](C)(C)OC1CCCN(c2ncc(C(F)(F)F)cn2)C1. The molecule has 1 aliphatic rings. The highest BCUT2D eigenvalue weighted by Crippen LogP contribution is 2.38. The number of alkyl halides is 3. The van der Waals surface area contributed by atoms with E-state index in [1.165, 1.54) is 0 Å². The molecule has 0 radical (unpaired) electrons. The van der Waals surface area contributed by atoms with Crippen molar-refractivity contribution in [2.24, 2.45) is 0 Å². The lowest BCUT2D eigenvalue weighted by Crippen LogP contribution is -2.49. The van der Waals surface area contributed by atoms with Crippen molar-refractivity contribution in [2.45, 2.75) is 64.0 Å². The van der Waals surface area contributed by atoms with Crippen LogP contribution in [0.25, 0.3) is 0 Å². The van der Waals surface area contributed by atoms with Gasteiger partial charge in [-0.2, -0.15) is 13.2 Å². The number of anilines is 1. The zero-order valence-electron chi connectivity index (χ0n) is 14.9. The van der Waals surface area contributed by atoms with Crippen LogP contribution in [0.15, 0.2) is 12.4 Å². The van der Waals surface area contributed by atoms with Crippen molar-refractivity contribution in [3.8, 4) is 0 Å². The van der Waals surface area contributed by atoms with Gasteiger partial charge >= 0.3 is 6.18 Å². The first kappa shape index (κ1) is 19.2. The molecule has 0 bridgehead atoms. The predicted molar refractivity (Wildman–Crippen MR) is 90.6 cm³/mol. The first-order valence-electron chi connectivity index (χ1n) is 8.22. The summed E-state index contributed by atoms with van der Waals surface area (Å²) < 4.78 is 44.3. The third-order valence-electron chi connectivity index (χ3n) is 4.89. The summed E-state index contributed by atoms with van der Waals surface area (Å²) >= 11 is 0. The molecule has 2 heterocycles. The van der Waals surface area contributed by atoms with Gasteiger partial charge in [-0.1, -0.05) is 20.8 Å². The third kappa shape index (κ3) is 4.47. The first-order chi connectivity index (χ1) is 10.9. The molecule has 136 valence electrons. The van der Waals surface area contributed by atoms with Crippen molar-refractivity contribution in [1.29, 1.82) is 0 Å². The molecule has 1 atom stereocenters. The summed E-state index contributed by atoms with van der Waals surface area (Å²) in [6.45, 7) is 12.4. The van der Waals surface area contributed by atoms with Gasteiger partial charge in [0.1, 0.15) is 0 Å². The molecule has 0 saturated carbocycles. The monoisotopic (exact) mass is 361 g/mol. The topological polar surface area (TPSA) is 38.2 Å². The molecule has 1 aromatic rings. The minimum Gasteiger partial charge on any atom is -0.412 e. The molecule has 0 aliphatic carbocycles. The van der Waals surface area contributed by atoms with E-state index >= 15 is 0 Å². The quantitative estimate of drug-likeness (QED) is 0.744. The van der Waals surface area contributed by atoms with Crippen LogP contribution in [0.1, 0.15) is 39.2 Å². The highest BCUT2D eigenvalue weighted by atomic mass is 28.4. The number of hydrogen-bond donors (Lipinski definition) is 0. The van der Waals surface area contributed by atoms with Crippen LogP contribution in [0.4, 0.5) is 19.1 Å². The minimum atomic E-state index is -4.41. The minimum absolute atomic E-state index is 0.0746. The van der Waals surface area contributed by atoms with Crippen LogP contribution in [0.2, 0.25) is 18.1 Å². The fraction of sp³-hybridized carbons (Fsp3) is 0.750. The zero-order valence-corrected chi connectivity index (χ0v) is 15.9. The normalized spacial score (nSPS) is 20.3. The maximum absolute atomic E-state index is 12.6. The summed E-state index contributed by atoms with van der Waals surface area (Å²) in [7, 11) is -1.87. The fourth-order valence-electron chi connectivity index (χ4n) is 2.44. The molecular weight excluding hydrogens is 335 g/mol. The second kappa shape index (κ2) is 6.63. The molecule has 1 aliphatic heterocycles. The highest BCUT2D eigenvalue weighted by molar-refractivity contribution is 6.74. The molecule has 8 heteroatoms. The number of hydrogen-bond acceptors (Lipinski definition) is 4. The lowest BCUT2D eigenvalue weighted by Gasteiger charge is -2.42. The molecule has 0 spiro atoms. The van der Waals surface area contributed by atoms with Crippen LogP contribution in [0.3, 0.4) is 0 Å². The van der Waals surface area contributed by atoms with Crippen LogP contribution in [0.5, 0.6) is 0 Å². The Morgan fingerprint density at radius 2 is 1.75 bits per heavy atom. The molecule has 1 aromatic heterocycles. The van der Waals surface area contributed by atoms with Gasteiger partial charge in [-0.3, -0.25) is 0 Å². The van der Waals surface area contributed by atoms with Gasteiger partial charge in [0, 0.05) is 25.5 Å². The standard InChI is InChI=1S/C16H26F3N3OSi/c1-15(2,3)24(4,5)23-13-7-6-8-22(11-13)14-20-9-12(10-21-14)16(17,18)19/h9-10,13H,6-8,11H2,1-5H3. The van der Waals surface area contributed by atoms with Crippen molar-refractivity contribution in [2.75, 3.05) is 18.0 Å². The maximum Gasteiger partial charge on any atom is 0.419 e. The molecule has 0 aromatic carbocycles. The number of aromatic nitrogens is 2. The molecular formula is C16H26F3N3OSi. The van der Waals surface area contributed by atoms with Gasteiger partial charge in [-0.15, -0.1) is 0 Å². The van der Waals surface area contributed by atoms with Crippen molar-refractivity contribution >= 4 is 14.3 Å². The Morgan fingerprint density at radius 3 is 2.25 bits per heavy atom. The molecule has 0 N–H and O–H groups in total. The van der Waals surface area contributed by atoms with Crippen LogP contribution in [0, 0.1) is 0 Å². The van der Waals surface area contributed by atoms with Gasteiger partial charge in [0.2, 0.25) is 5.95 Å². The molecule has 0 amide bonds. The van der Waals surface area contributed by atoms with E-state index < -0.39 is 20.1 Å². The number of rotatable bonds is 3. The zero-order chi connectivity index (χ0) is 18.2. The van der Waals surface area contributed by atoms with Gasteiger partial charge in [0.25, 0.3) is 0 Å². The first-order valence-corrected chi connectivity index (χ1v) is 11.1. The summed E-state index contributed by atoms with van der Waals surface area (Å²) in [6.07, 6.45) is -0.756. The Bertz CT molecular complexity index is 555. The van der Waals surface area contributed by atoms with Crippen molar-refractivity contribution in [3.63, 3.8) is 0 Å². The Labute approximate surface area is 142 Å². The molecule has 24 heavy (non-hydrogen) atoms. The summed E-state index contributed by atoms with van der Waals surface area (Å²) in [4.78, 5) is 9.72. The lowest BCUT2D eigenvalue weighted by atomic mass is 10.1. The summed E-state index contributed by atoms with van der Waals surface area (Å²) in [5.74, 6) is 0.339. The Kier molecular flexibility index (Phi) is 5.30. The van der Waals surface area contributed by atoms with Crippen molar-refractivity contribution in [1.82, 2.24) is 9.97 Å². The van der Waals surface area contributed by atoms with E-state index in [1.54, 1.807) is 0 Å². The Hall–Kier alpha value is -1.15. The summed E-state index contributed by atoms with van der Waals surface area (Å²) in [5, 5.41) is 0.125. The average molecular weight is 361 g/mol. The van der Waals surface area contributed by atoms with E-state index in [0.717, 1.165) is 31.8 Å². The Balaban J connectivity index is 2.06. The van der Waals surface area contributed by atoms with Gasteiger partial charge in [0.15, 0.2) is 8.32 Å². The van der Waals surface area contributed by atoms with E-state index in [2.05, 4.69) is 43.8 Å². The van der Waals surface area contributed by atoms with Crippen molar-refractivity contribution < 1.29 is 17.6 Å². The molecule has 1 unspecified atom stereocenters. The second-order valence-corrected chi connectivity index (χ2v) is 12.6. The Morgan fingerprint density at radius 1 is 1.17 bits per heavy atom. The van der Waals surface area contributed by atoms with E-state index in [0.29, 0.717) is 12.5 Å². The van der Waals surface area contributed by atoms with Crippen LogP contribution in [-0.4, -0.2) is 37.5 Å². The van der Waals surface area contributed by atoms with Crippen molar-refractivity contribution in [3.05, 3.63) is 18.0 Å². The molecule has 1 saturated heterocycles. The van der Waals surface area contributed by atoms with Crippen LogP contribution >= 0.6 is 0 Å². The summed E-state index contributed by atoms with van der Waals surface area (Å²) in [5.41, 5.74) is -0.822. The average Bonchev–Trinajstić information content (AvgIpc) is 2.45. The number of halogens is 3.